The number of nitrogens with two attached hydrogens (primary N) is 2. The van der Waals surface area contributed by atoms with Crippen LogP contribution in [0.3, 0.4) is 0 Å². The maximum atomic E-state index is 10.4. The fourth-order valence-electron chi connectivity index (χ4n) is 1.25. The summed E-state index contributed by atoms with van der Waals surface area (Å²) in [6.45, 7) is 0.606. The van der Waals surface area contributed by atoms with Crippen LogP contribution >= 0.6 is 0 Å². The van der Waals surface area contributed by atoms with E-state index >= 15 is 0 Å². The lowest BCUT2D eigenvalue weighted by Crippen LogP contribution is -2.30. The number of carbonyl (C=O) groups excluding carboxylic acids is 1. The van der Waals surface area contributed by atoms with Gasteiger partial charge in [-0.1, -0.05) is 11.6 Å². The molecule has 1 aliphatic carbocycles. The highest BCUT2D eigenvalue weighted by molar-refractivity contribution is 5.71. The molecule has 0 unspecified atom stereocenters. The lowest BCUT2D eigenvalue weighted by atomic mass is 10.0. The van der Waals surface area contributed by atoms with Gasteiger partial charge in [-0.2, -0.15) is 0 Å². The van der Waals surface area contributed by atoms with Gasteiger partial charge in [-0.3, -0.25) is 0 Å². The van der Waals surface area contributed by atoms with Gasteiger partial charge in [-0.15, -0.1) is 0 Å². The first kappa shape index (κ1) is 9.64. The average molecular weight is 181 g/mol. The van der Waals surface area contributed by atoms with Crippen molar-refractivity contribution in [2.75, 3.05) is 6.54 Å². The Morgan fingerprint density at radius 3 is 2.77 bits per heavy atom. The van der Waals surface area contributed by atoms with Crippen molar-refractivity contribution in [1.29, 1.82) is 0 Å². The highest BCUT2D eigenvalue weighted by atomic mass is 16.2. The van der Waals surface area contributed by atoms with Crippen LogP contribution in [0.4, 0.5) is 4.79 Å². The average Bonchev–Trinajstić information content (AvgIpc) is 2.08. The number of amides is 2. The van der Waals surface area contributed by atoms with Crippen molar-refractivity contribution in [2.24, 2.45) is 11.5 Å². The summed E-state index contributed by atoms with van der Waals surface area (Å²) in [5, 5.41) is 2.55. The van der Waals surface area contributed by atoms with E-state index in [1.54, 1.807) is 0 Å². The zero-order valence-electron chi connectivity index (χ0n) is 7.55. The number of carbonyl (C=O) groups is 1. The van der Waals surface area contributed by atoms with Crippen molar-refractivity contribution in [1.82, 2.24) is 5.32 Å². The molecule has 1 aliphatic rings. The second-order valence-electron chi connectivity index (χ2n) is 3.11. The van der Waals surface area contributed by atoms with E-state index < -0.39 is 6.03 Å². The maximum absolute atomic E-state index is 10.4. The molecule has 4 heteroatoms. The third kappa shape index (κ3) is 3.64. The molecule has 4 nitrogen and oxygen atoms in total. The lowest BCUT2D eigenvalue weighted by Gasteiger charge is -2.11. The van der Waals surface area contributed by atoms with Crippen LogP contribution in [-0.4, -0.2) is 12.6 Å². The van der Waals surface area contributed by atoms with E-state index in [-0.39, 0.29) is 0 Å². The smallest absolute Gasteiger partial charge is 0.312 e. The van der Waals surface area contributed by atoms with Gasteiger partial charge in [0.1, 0.15) is 0 Å². The molecular formula is C9H15N3O. The number of allylic oxidation sites excluding steroid dienone is 3. The lowest BCUT2D eigenvalue weighted by molar-refractivity contribution is 0.249. The van der Waals surface area contributed by atoms with Gasteiger partial charge in [-0.25, -0.2) is 4.79 Å². The Bertz CT molecular complexity index is 256. The Morgan fingerprint density at radius 2 is 2.23 bits per heavy atom. The topological polar surface area (TPSA) is 81.1 Å². The number of urea groups is 1. The summed E-state index contributed by atoms with van der Waals surface area (Å²) in [5.74, 6) is 0. The molecule has 0 bridgehead atoms. The second-order valence-corrected chi connectivity index (χ2v) is 3.11. The zero-order valence-corrected chi connectivity index (χ0v) is 7.55. The molecule has 0 aromatic rings. The molecule has 0 aliphatic heterocycles. The Hall–Kier alpha value is -1.45. The Morgan fingerprint density at radius 1 is 1.46 bits per heavy atom. The van der Waals surface area contributed by atoms with E-state index in [1.807, 2.05) is 12.2 Å². The molecular weight excluding hydrogens is 166 g/mol. The summed E-state index contributed by atoms with van der Waals surface area (Å²) in [4.78, 5) is 10.4. The number of hydrogen-bond acceptors (Lipinski definition) is 2. The van der Waals surface area contributed by atoms with Crippen LogP contribution in [-0.2, 0) is 0 Å². The predicted molar refractivity (Wildman–Crippen MR) is 51.8 cm³/mol. The van der Waals surface area contributed by atoms with Crippen LogP contribution < -0.4 is 16.8 Å². The van der Waals surface area contributed by atoms with Gasteiger partial charge in [0.05, 0.1) is 0 Å². The van der Waals surface area contributed by atoms with Gasteiger partial charge >= 0.3 is 6.03 Å². The molecule has 0 atom stereocenters. The van der Waals surface area contributed by atoms with Crippen LogP contribution in [0, 0.1) is 0 Å². The van der Waals surface area contributed by atoms with Crippen LogP contribution in [0.5, 0.6) is 0 Å². The monoisotopic (exact) mass is 181 g/mol. The fourth-order valence-corrected chi connectivity index (χ4v) is 1.25. The van der Waals surface area contributed by atoms with Gasteiger partial charge in [0, 0.05) is 12.2 Å². The van der Waals surface area contributed by atoms with Gasteiger partial charge in [0.25, 0.3) is 0 Å². The summed E-state index contributed by atoms with van der Waals surface area (Å²) < 4.78 is 0. The summed E-state index contributed by atoms with van der Waals surface area (Å²) >= 11 is 0. The first-order valence-electron chi connectivity index (χ1n) is 4.36. The molecule has 0 radical (unpaired) electrons. The minimum absolute atomic E-state index is 0.466. The molecule has 0 fully saturated rings. The van der Waals surface area contributed by atoms with E-state index in [0.717, 1.165) is 25.0 Å². The van der Waals surface area contributed by atoms with Crippen LogP contribution in [0.2, 0.25) is 0 Å². The van der Waals surface area contributed by atoms with E-state index in [0.29, 0.717) is 6.54 Å². The minimum atomic E-state index is -0.466. The molecule has 0 aromatic heterocycles. The molecule has 13 heavy (non-hydrogen) atoms. The third-order valence-electron chi connectivity index (χ3n) is 2.01. The van der Waals surface area contributed by atoms with Gasteiger partial charge in [0.2, 0.25) is 0 Å². The second kappa shape index (κ2) is 4.54. The molecule has 0 spiro atoms. The molecule has 0 aromatic carbocycles. The van der Waals surface area contributed by atoms with E-state index in [9.17, 15) is 4.79 Å². The zero-order chi connectivity index (χ0) is 9.68. The molecule has 0 heterocycles. The van der Waals surface area contributed by atoms with E-state index in [2.05, 4.69) is 5.32 Å². The first-order chi connectivity index (χ1) is 6.18. The Kier molecular flexibility index (Phi) is 3.37. The molecule has 5 N–H and O–H groups in total. The molecule has 72 valence electrons. The normalized spacial score (nSPS) is 16.0. The van der Waals surface area contributed by atoms with Crippen LogP contribution in [0.1, 0.15) is 19.3 Å². The molecule has 0 saturated heterocycles. The SMILES string of the molecule is NC(=O)NCCC1=CC=C(N)CC1. The Labute approximate surface area is 77.7 Å². The summed E-state index contributed by atoms with van der Waals surface area (Å²) in [5.41, 5.74) is 12.8. The van der Waals surface area contributed by atoms with Gasteiger partial charge in [0.15, 0.2) is 0 Å². The molecule has 0 saturated carbocycles. The summed E-state index contributed by atoms with van der Waals surface area (Å²) in [6.07, 6.45) is 6.70. The van der Waals surface area contributed by atoms with Gasteiger partial charge in [-0.05, 0) is 25.3 Å². The fraction of sp³-hybridized carbons (Fsp3) is 0.444. The standard InChI is InChI=1S/C9H15N3O/c10-8-3-1-7(2-4-8)5-6-12-9(11)13/h1,3H,2,4-6,10H2,(H3,11,12,13). The molecule has 2 amide bonds. The molecule has 1 rings (SSSR count). The number of nitrogens with one attached hydrogen (secondary N) is 1. The Balaban J connectivity index is 2.26. The maximum Gasteiger partial charge on any atom is 0.312 e. The highest BCUT2D eigenvalue weighted by Crippen LogP contribution is 2.17. The first-order valence-corrected chi connectivity index (χ1v) is 4.36. The van der Waals surface area contributed by atoms with E-state index in [1.165, 1.54) is 5.57 Å². The number of primary amides is 1. The van der Waals surface area contributed by atoms with Crippen molar-refractivity contribution in [3.63, 3.8) is 0 Å². The largest absolute Gasteiger partial charge is 0.402 e. The minimum Gasteiger partial charge on any atom is -0.402 e. The third-order valence-corrected chi connectivity index (χ3v) is 2.01. The highest BCUT2D eigenvalue weighted by Gasteiger charge is 2.03. The van der Waals surface area contributed by atoms with E-state index in [4.69, 9.17) is 11.5 Å². The quantitative estimate of drug-likeness (QED) is 0.596. The van der Waals surface area contributed by atoms with Crippen molar-refractivity contribution < 1.29 is 4.79 Å². The number of rotatable bonds is 3. The number of hydrogen-bond donors (Lipinski definition) is 3. The van der Waals surface area contributed by atoms with Gasteiger partial charge < -0.3 is 16.8 Å². The van der Waals surface area contributed by atoms with Crippen LogP contribution in [0.15, 0.2) is 23.4 Å². The van der Waals surface area contributed by atoms with Crippen molar-refractivity contribution >= 4 is 6.03 Å². The predicted octanol–water partition coefficient (Wildman–Crippen LogP) is 0.608. The van der Waals surface area contributed by atoms with Crippen molar-refractivity contribution in [3.8, 4) is 0 Å². The van der Waals surface area contributed by atoms with Crippen molar-refractivity contribution in [3.05, 3.63) is 23.4 Å². The summed E-state index contributed by atoms with van der Waals surface area (Å²) in [7, 11) is 0. The van der Waals surface area contributed by atoms with Crippen molar-refractivity contribution in [2.45, 2.75) is 19.3 Å². The summed E-state index contributed by atoms with van der Waals surface area (Å²) in [6, 6.07) is -0.466. The van der Waals surface area contributed by atoms with Crippen LogP contribution in [0.25, 0.3) is 0 Å².